The van der Waals surface area contributed by atoms with Crippen LogP contribution in [0, 0.1) is 11.7 Å². The molecule has 1 unspecified atom stereocenters. The average molecular weight is 289 g/mol. The molecule has 16 heavy (non-hydrogen) atoms. The SMILES string of the molecule is COc1cc(F)c(Br)cc1C(O)CC1CC1. The molecule has 1 saturated carbocycles. The number of methoxy groups -OCH3 is 1. The molecule has 0 heterocycles. The van der Waals surface area contributed by atoms with E-state index in [4.69, 9.17) is 4.74 Å². The maximum Gasteiger partial charge on any atom is 0.141 e. The molecule has 0 aliphatic heterocycles. The molecule has 0 spiro atoms. The fraction of sp³-hybridized carbons (Fsp3) is 0.500. The van der Waals surface area contributed by atoms with Crippen molar-refractivity contribution < 1.29 is 14.2 Å². The zero-order valence-corrected chi connectivity index (χ0v) is 10.6. The van der Waals surface area contributed by atoms with E-state index in [0.29, 0.717) is 21.7 Å². The predicted octanol–water partition coefficient (Wildman–Crippen LogP) is 3.43. The van der Waals surface area contributed by atoms with Gasteiger partial charge in [-0.15, -0.1) is 0 Å². The van der Waals surface area contributed by atoms with E-state index in [9.17, 15) is 9.50 Å². The highest BCUT2D eigenvalue weighted by Crippen LogP contribution is 2.40. The van der Waals surface area contributed by atoms with Crippen LogP contribution in [0.5, 0.6) is 5.75 Å². The summed E-state index contributed by atoms with van der Waals surface area (Å²) in [7, 11) is 1.48. The Balaban J connectivity index is 2.25. The Kier molecular flexibility index (Phi) is 3.50. The van der Waals surface area contributed by atoms with Gasteiger partial charge >= 0.3 is 0 Å². The molecule has 1 aliphatic rings. The molecule has 0 saturated heterocycles. The lowest BCUT2D eigenvalue weighted by Crippen LogP contribution is -2.02. The third kappa shape index (κ3) is 2.55. The van der Waals surface area contributed by atoms with Crippen LogP contribution in [0.25, 0.3) is 0 Å². The Morgan fingerprint density at radius 2 is 2.25 bits per heavy atom. The molecule has 1 aromatic rings. The van der Waals surface area contributed by atoms with Gasteiger partial charge in [0.1, 0.15) is 11.6 Å². The first-order valence-corrected chi connectivity index (χ1v) is 6.12. The fourth-order valence-electron chi connectivity index (χ4n) is 1.78. The molecular weight excluding hydrogens is 275 g/mol. The number of hydrogen-bond donors (Lipinski definition) is 1. The Bertz CT molecular complexity index is 391. The molecule has 88 valence electrons. The molecule has 1 fully saturated rings. The largest absolute Gasteiger partial charge is 0.496 e. The van der Waals surface area contributed by atoms with Crippen molar-refractivity contribution in [1.82, 2.24) is 0 Å². The number of benzene rings is 1. The summed E-state index contributed by atoms with van der Waals surface area (Å²) in [4.78, 5) is 0. The van der Waals surface area contributed by atoms with Gasteiger partial charge in [0, 0.05) is 11.6 Å². The van der Waals surface area contributed by atoms with Crippen LogP contribution in [-0.4, -0.2) is 12.2 Å². The third-order valence-corrected chi connectivity index (χ3v) is 3.49. The Labute approximate surface area is 103 Å². The van der Waals surface area contributed by atoms with Crippen molar-refractivity contribution in [3.63, 3.8) is 0 Å². The van der Waals surface area contributed by atoms with E-state index in [1.54, 1.807) is 6.07 Å². The highest BCUT2D eigenvalue weighted by molar-refractivity contribution is 9.10. The first-order chi connectivity index (χ1) is 7.61. The molecule has 0 amide bonds. The Morgan fingerprint density at radius 3 is 2.81 bits per heavy atom. The number of aliphatic hydroxyl groups is 1. The lowest BCUT2D eigenvalue weighted by Gasteiger charge is -2.15. The Morgan fingerprint density at radius 1 is 1.56 bits per heavy atom. The topological polar surface area (TPSA) is 29.5 Å². The van der Waals surface area contributed by atoms with Crippen LogP contribution in [0.3, 0.4) is 0 Å². The van der Waals surface area contributed by atoms with Gasteiger partial charge in [-0.1, -0.05) is 12.8 Å². The van der Waals surface area contributed by atoms with Crippen molar-refractivity contribution in [2.24, 2.45) is 5.92 Å². The van der Waals surface area contributed by atoms with Crippen LogP contribution in [-0.2, 0) is 0 Å². The van der Waals surface area contributed by atoms with Gasteiger partial charge < -0.3 is 9.84 Å². The average Bonchev–Trinajstić information content (AvgIpc) is 3.05. The molecular formula is C12H14BrFO2. The molecule has 1 N–H and O–H groups in total. The van der Waals surface area contributed by atoms with Crippen LogP contribution in [0.2, 0.25) is 0 Å². The van der Waals surface area contributed by atoms with Gasteiger partial charge in [0.2, 0.25) is 0 Å². The third-order valence-electron chi connectivity index (χ3n) is 2.89. The molecule has 1 aromatic carbocycles. The second-order valence-electron chi connectivity index (χ2n) is 4.20. The minimum Gasteiger partial charge on any atom is -0.496 e. The standard InChI is InChI=1S/C12H14BrFO2/c1-16-12-6-10(14)9(13)5-8(12)11(15)4-7-2-3-7/h5-7,11,15H,2-4H2,1H3. The number of rotatable bonds is 4. The highest BCUT2D eigenvalue weighted by Gasteiger charge is 2.27. The van der Waals surface area contributed by atoms with Gasteiger partial charge in [-0.05, 0) is 34.3 Å². The monoisotopic (exact) mass is 288 g/mol. The van der Waals surface area contributed by atoms with Crippen LogP contribution in [0.15, 0.2) is 16.6 Å². The van der Waals surface area contributed by atoms with Crippen molar-refractivity contribution in [2.75, 3.05) is 7.11 Å². The van der Waals surface area contributed by atoms with Crippen molar-refractivity contribution in [3.05, 3.63) is 28.0 Å². The summed E-state index contributed by atoms with van der Waals surface area (Å²) in [6.07, 6.45) is 2.53. The zero-order valence-electron chi connectivity index (χ0n) is 9.04. The van der Waals surface area contributed by atoms with Gasteiger partial charge in [-0.3, -0.25) is 0 Å². The molecule has 2 rings (SSSR count). The summed E-state index contributed by atoms with van der Waals surface area (Å²) in [5.74, 6) is 0.650. The molecule has 0 aromatic heterocycles. The Hall–Kier alpha value is -0.610. The lowest BCUT2D eigenvalue weighted by atomic mass is 10.0. The summed E-state index contributed by atoms with van der Waals surface area (Å²) >= 11 is 3.12. The summed E-state index contributed by atoms with van der Waals surface area (Å²) in [6.45, 7) is 0. The van der Waals surface area contributed by atoms with Gasteiger partial charge in [-0.2, -0.15) is 0 Å². The van der Waals surface area contributed by atoms with Crippen molar-refractivity contribution in [3.8, 4) is 5.75 Å². The molecule has 0 bridgehead atoms. The fourth-order valence-corrected chi connectivity index (χ4v) is 2.14. The van der Waals surface area contributed by atoms with Crippen LogP contribution in [0.1, 0.15) is 30.9 Å². The van der Waals surface area contributed by atoms with E-state index in [-0.39, 0.29) is 5.82 Å². The van der Waals surface area contributed by atoms with Crippen molar-refractivity contribution in [2.45, 2.75) is 25.4 Å². The lowest BCUT2D eigenvalue weighted by molar-refractivity contribution is 0.156. The second-order valence-corrected chi connectivity index (χ2v) is 5.06. The number of hydrogen-bond acceptors (Lipinski definition) is 2. The van der Waals surface area contributed by atoms with Crippen LogP contribution < -0.4 is 4.74 Å². The first-order valence-electron chi connectivity index (χ1n) is 5.32. The number of aliphatic hydroxyl groups excluding tert-OH is 1. The summed E-state index contributed by atoms with van der Waals surface area (Å²) in [5, 5.41) is 10.0. The smallest absolute Gasteiger partial charge is 0.141 e. The summed E-state index contributed by atoms with van der Waals surface area (Å²) < 4.78 is 18.7. The molecule has 1 aliphatic carbocycles. The van der Waals surface area contributed by atoms with Gasteiger partial charge in [0.15, 0.2) is 0 Å². The normalized spacial score (nSPS) is 17.2. The van der Waals surface area contributed by atoms with Crippen molar-refractivity contribution in [1.29, 1.82) is 0 Å². The van der Waals surface area contributed by atoms with Gasteiger partial charge in [0.05, 0.1) is 17.7 Å². The zero-order chi connectivity index (χ0) is 11.7. The van der Waals surface area contributed by atoms with E-state index < -0.39 is 6.10 Å². The van der Waals surface area contributed by atoms with Crippen LogP contribution >= 0.6 is 15.9 Å². The summed E-state index contributed by atoms with van der Waals surface area (Å²) in [5.41, 5.74) is 0.655. The van der Waals surface area contributed by atoms with E-state index in [2.05, 4.69) is 15.9 Å². The maximum absolute atomic E-state index is 13.3. The second kappa shape index (κ2) is 4.72. The quantitative estimate of drug-likeness (QED) is 0.920. The summed E-state index contributed by atoms with van der Waals surface area (Å²) in [6, 6.07) is 2.90. The molecule has 4 heteroatoms. The van der Waals surface area contributed by atoms with E-state index >= 15 is 0 Å². The van der Waals surface area contributed by atoms with Gasteiger partial charge in [-0.25, -0.2) is 4.39 Å². The predicted molar refractivity (Wildman–Crippen MR) is 63.0 cm³/mol. The van der Waals surface area contributed by atoms with E-state index in [1.165, 1.54) is 26.0 Å². The van der Waals surface area contributed by atoms with E-state index in [1.807, 2.05) is 0 Å². The minimum atomic E-state index is -0.570. The maximum atomic E-state index is 13.3. The minimum absolute atomic E-state index is 0.359. The molecule has 2 nitrogen and oxygen atoms in total. The first kappa shape index (κ1) is 11.9. The number of halogens is 2. The molecule has 1 atom stereocenters. The van der Waals surface area contributed by atoms with Crippen LogP contribution in [0.4, 0.5) is 4.39 Å². The van der Waals surface area contributed by atoms with Crippen molar-refractivity contribution >= 4 is 15.9 Å². The highest BCUT2D eigenvalue weighted by atomic mass is 79.9. The van der Waals surface area contributed by atoms with E-state index in [0.717, 1.165) is 6.42 Å². The number of ether oxygens (including phenoxy) is 1. The molecule has 0 radical (unpaired) electrons. The van der Waals surface area contributed by atoms with Gasteiger partial charge in [0.25, 0.3) is 0 Å².